The van der Waals surface area contributed by atoms with Gasteiger partial charge in [-0.25, -0.2) is 0 Å². The van der Waals surface area contributed by atoms with Crippen molar-refractivity contribution in [1.82, 2.24) is 0 Å². The van der Waals surface area contributed by atoms with Crippen LogP contribution in [0.5, 0.6) is 5.75 Å². The Kier molecular flexibility index (Phi) is 2.08. The van der Waals surface area contributed by atoms with E-state index >= 15 is 0 Å². The SMILES string of the molecule is CCc1ccc2c(c1)OC(=O)CC2=O. The first-order chi connectivity index (χ1) is 6.70. The minimum Gasteiger partial charge on any atom is -0.425 e. The molecule has 0 saturated heterocycles. The molecule has 0 fully saturated rings. The predicted octanol–water partition coefficient (Wildman–Crippen LogP) is 1.74. The molecule has 14 heavy (non-hydrogen) atoms. The average molecular weight is 190 g/mol. The summed E-state index contributed by atoms with van der Waals surface area (Å²) in [7, 11) is 0. The Labute approximate surface area is 81.7 Å². The van der Waals surface area contributed by atoms with Crippen molar-refractivity contribution in [2.45, 2.75) is 19.8 Å². The van der Waals surface area contributed by atoms with E-state index in [4.69, 9.17) is 4.74 Å². The summed E-state index contributed by atoms with van der Waals surface area (Å²) in [6.07, 6.45) is 0.720. The molecule has 72 valence electrons. The number of aryl methyl sites for hydroxylation is 1. The molecule has 1 aliphatic heterocycles. The van der Waals surface area contributed by atoms with Gasteiger partial charge in [0.25, 0.3) is 0 Å². The van der Waals surface area contributed by atoms with Crippen molar-refractivity contribution in [2.24, 2.45) is 0 Å². The van der Waals surface area contributed by atoms with E-state index in [9.17, 15) is 9.59 Å². The second-order valence-electron chi connectivity index (χ2n) is 3.26. The molecule has 0 aromatic heterocycles. The second-order valence-corrected chi connectivity index (χ2v) is 3.26. The van der Waals surface area contributed by atoms with E-state index in [1.807, 2.05) is 13.0 Å². The van der Waals surface area contributed by atoms with Gasteiger partial charge in [-0.05, 0) is 24.1 Å². The van der Waals surface area contributed by atoms with E-state index in [0.717, 1.165) is 12.0 Å². The summed E-state index contributed by atoms with van der Waals surface area (Å²) < 4.78 is 4.98. The van der Waals surface area contributed by atoms with Crippen LogP contribution in [-0.4, -0.2) is 11.8 Å². The van der Waals surface area contributed by atoms with Crippen molar-refractivity contribution in [3.8, 4) is 5.75 Å². The topological polar surface area (TPSA) is 43.4 Å². The number of carbonyl (C=O) groups is 2. The number of ketones is 1. The third kappa shape index (κ3) is 1.41. The van der Waals surface area contributed by atoms with Crippen molar-refractivity contribution in [2.75, 3.05) is 0 Å². The first kappa shape index (κ1) is 8.94. The lowest BCUT2D eigenvalue weighted by Crippen LogP contribution is -2.21. The maximum atomic E-state index is 11.4. The number of carbonyl (C=O) groups excluding carboxylic acids is 2. The number of ether oxygens (including phenoxy) is 1. The molecule has 0 unspecified atom stereocenters. The van der Waals surface area contributed by atoms with Gasteiger partial charge in [0, 0.05) is 0 Å². The van der Waals surface area contributed by atoms with Crippen molar-refractivity contribution >= 4 is 11.8 Å². The van der Waals surface area contributed by atoms with Crippen LogP contribution in [0, 0.1) is 0 Å². The summed E-state index contributed by atoms with van der Waals surface area (Å²) in [6.45, 7) is 2.01. The zero-order valence-electron chi connectivity index (χ0n) is 7.87. The van der Waals surface area contributed by atoms with E-state index in [2.05, 4.69) is 0 Å². The summed E-state index contributed by atoms with van der Waals surface area (Å²) in [5, 5.41) is 0. The van der Waals surface area contributed by atoms with Crippen molar-refractivity contribution in [3.05, 3.63) is 29.3 Å². The van der Waals surface area contributed by atoms with Crippen LogP contribution in [-0.2, 0) is 11.2 Å². The van der Waals surface area contributed by atoms with Gasteiger partial charge < -0.3 is 4.74 Å². The van der Waals surface area contributed by atoms with Gasteiger partial charge in [0.2, 0.25) is 0 Å². The molecule has 1 aliphatic rings. The lowest BCUT2D eigenvalue weighted by Gasteiger charge is -2.14. The highest BCUT2D eigenvalue weighted by atomic mass is 16.5. The molecule has 0 saturated carbocycles. The van der Waals surface area contributed by atoms with Crippen molar-refractivity contribution < 1.29 is 14.3 Å². The highest BCUT2D eigenvalue weighted by Crippen LogP contribution is 2.26. The number of hydrogen-bond acceptors (Lipinski definition) is 3. The lowest BCUT2D eigenvalue weighted by molar-refractivity contribution is -0.133. The molecule has 0 bridgehead atoms. The molecule has 3 heteroatoms. The van der Waals surface area contributed by atoms with E-state index in [1.165, 1.54) is 0 Å². The molecule has 0 aliphatic carbocycles. The summed E-state index contributed by atoms with van der Waals surface area (Å²) in [4.78, 5) is 22.4. The Morgan fingerprint density at radius 1 is 1.36 bits per heavy atom. The summed E-state index contributed by atoms with van der Waals surface area (Å²) >= 11 is 0. The average Bonchev–Trinajstić information content (AvgIpc) is 2.16. The molecular weight excluding hydrogens is 180 g/mol. The molecule has 0 amide bonds. The molecule has 1 aromatic rings. The van der Waals surface area contributed by atoms with Crippen LogP contribution >= 0.6 is 0 Å². The standard InChI is InChI=1S/C11H10O3/c1-2-7-3-4-8-9(12)6-11(13)14-10(8)5-7/h3-5H,2,6H2,1H3. The third-order valence-electron chi connectivity index (χ3n) is 2.28. The maximum absolute atomic E-state index is 11.4. The summed E-state index contributed by atoms with van der Waals surface area (Å²) in [5.74, 6) is -0.208. The number of benzene rings is 1. The van der Waals surface area contributed by atoms with Gasteiger partial charge in [-0.2, -0.15) is 0 Å². The Morgan fingerprint density at radius 2 is 2.14 bits per heavy atom. The van der Waals surface area contributed by atoms with Crippen LogP contribution < -0.4 is 4.74 Å². The quantitative estimate of drug-likeness (QED) is 0.385. The van der Waals surface area contributed by atoms with Crippen LogP contribution in [0.1, 0.15) is 29.3 Å². The fraction of sp³-hybridized carbons (Fsp3) is 0.273. The fourth-order valence-corrected chi connectivity index (χ4v) is 1.49. The minimum atomic E-state index is -0.462. The van der Waals surface area contributed by atoms with Gasteiger partial charge in [-0.1, -0.05) is 13.0 Å². The first-order valence-corrected chi connectivity index (χ1v) is 4.57. The number of Topliss-reactive ketones (excluding diaryl/α,β-unsaturated/α-hetero) is 1. The normalized spacial score (nSPS) is 14.9. The molecule has 1 heterocycles. The molecule has 0 atom stereocenters. The van der Waals surface area contributed by atoms with Gasteiger partial charge in [0.15, 0.2) is 5.78 Å². The zero-order valence-corrected chi connectivity index (χ0v) is 7.87. The van der Waals surface area contributed by atoms with E-state index in [-0.39, 0.29) is 12.2 Å². The van der Waals surface area contributed by atoms with Gasteiger partial charge in [0.1, 0.15) is 12.2 Å². The van der Waals surface area contributed by atoms with Crippen LogP contribution in [0.4, 0.5) is 0 Å². The second kappa shape index (κ2) is 3.25. The van der Waals surface area contributed by atoms with E-state index in [1.54, 1.807) is 12.1 Å². The number of fused-ring (bicyclic) bond motifs is 1. The maximum Gasteiger partial charge on any atom is 0.319 e. The van der Waals surface area contributed by atoms with Gasteiger partial charge in [-0.3, -0.25) is 9.59 Å². The van der Waals surface area contributed by atoms with Gasteiger partial charge >= 0.3 is 5.97 Å². The highest BCUT2D eigenvalue weighted by molar-refractivity contribution is 6.10. The smallest absolute Gasteiger partial charge is 0.319 e. The molecular formula is C11H10O3. The van der Waals surface area contributed by atoms with Crippen LogP contribution in [0.25, 0.3) is 0 Å². The monoisotopic (exact) mass is 190 g/mol. The Balaban J connectivity index is 2.49. The first-order valence-electron chi connectivity index (χ1n) is 4.57. The molecule has 3 nitrogen and oxygen atoms in total. The van der Waals surface area contributed by atoms with Crippen molar-refractivity contribution in [1.29, 1.82) is 0 Å². The molecule has 0 radical (unpaired) electrons. The number of hydrogen-bond donors (Lipinski definition) is 0. The van der Waals surface area contributed by atoms with E-state index in [0.29, 0.717) is 11.3 Å². The van der Waals surface area contributed by atoms with Gasteiger partial charge in [-0.15, -0.1) is 0 Å². The Hall–Kier alpha value is -1.64. The summed E-state index contributed by atoms with van der Waals surface area (Å²) in [5.41, 5.74) is 1.58. The van der Waals surface area contributed by atoms with Crippen molar-refractivity contribution in [3.63, 3.8) is 0 Å². The largest absolute Gasteiger partial charge is 0.425 e. The fourth-order valence-electron chi connectivity index (χ4n) is 1.49. The van der Waals surface area contributed by atoms with Crippen LogP contribution in [0.15, 0.2) is 18.2 Å². The van der Waals surface area contributed by atoms with Crippen LogP contribution in [0.3, 0.4) is 0 Å². The lowest BCUT2D eigenvalue weighted by atomic mass is 10.0. The molecule has 0 N–H and O–H groups in total. The zero-order chi connectivity index (χ0) is 10.1. The predicted molar refractivity (Wildman–Crippen MR) is 50.4 cm³/mol. The minimum absolute atomic E-state index is 0.140. The van der Waals surface area contributed by atoms with E-state index < -0.39 is 5.97 Å². The third-order valence-corrected chi connectivity index (χ3v) is 2.28. The highest BCUT2D eigenvalue weighted by Gasteiger charge is 2.24. The Morgan fingerprint density at radius 3 is 2.86 bits per heavy atom. The summed E-state index contributed by atoms with van der Waals surface area (Å²) in [6, 6.07) is 5.36. The Bertz CT molecular complexity index is 407. The molecule has 2 rings (SSSR count). The molecule has 0 spiro atoms. The number of rotatable bonds is 1. The van der Waals surface area contributed by atoms with Crippen LogP contribution in [0.2, 0.25) is 0 Å². The van der Waals surface area contributed by atoms with Gasteiger partial charge in [0.05, 0.1) is 5.56 Å². The molecule has 1 aromatic carbocycles. The number of esters is 1.